The highest BCUT2D eigenvalue weighted by molar-refractivity contribution is 5.22. The van der Waals surface area contributed by atoms with Gasteiger partial charge in [-0.2, -0.15) is 0 Å². The quantitative estimate of drug-likeness (QED) is 0.903. The molecule has 7 heteroatoms. The Balaban J connectivity index is 1.74. The van der Waals surface area contributed by atoms with Gasteiger partial charge in [-0.15, -0.1) is 0 Å². The maximum atomic E-state index is 13.1. The molecular weight excluding hydrogens is 315 g/mol. The van der Waals surface area contributed by atoms with E-state index in [0.29, 0.717) is 38.2 Å². The lowest BCUT2D eigenvalue weighted by Gasteiger charge is -2.28. The zero-order chi connectivity index (χ0) is 17.2. The van der Waals surface area contributed by atoms with Crippen LogP contribution in [0, 0.1) is 12.7 Å². The van der Waals surface area contributed by atoms with Crippen LogP contribution in [0.2, 0.25) is 0 Å². The first-order chi connectivity index (χ1) is 11.5. The molecule has 24 heavy (non-hydrogen) atoms. The molecule has 1 fully saturated rings. The van der Waals surface area contributed by atoms with Gasteiger partial charge in [0.2, 0.25) is 0 Å². The number of hydrogen-bond acceptors (Lipinski definition) is 4. The Kier molecular flexibility index (Phi) is 4.64. The molecule has 0 bridgehead atoms. The van der Waals surface area contributed by atoms with Crippen LogP contribution < -0.4 is 11.2 Å². The molecule has 0 amide bonds. The third-order valence-corrected chi connectivity index (χ3v) is 4.13. The molecule has 0 saturated carbocycles. The second-order valence-electron chi connectivity index (χ2n) is 5.83. The maximum absolute atomic E-state index is 13.1. The smallest absolute Gasteiger partial charge is 0.328 e. The summed E-state index contributed by atoms with van der Waals surface area (Å²) >= 11 is 0. The van der Waals surface area contributed by atoms with Crippen LogP contribution in [0.3, 0.4) is 0 Å². The lowest BCUT2D eigenvalue weighted by Crippen LogP contribution is -2.32. The van der Waals surface area contributed by atoms with Crippen molar-refractivity contribution in [3.8, 4) is 0 Å². The van der Waals surface area contributed by atoms with E-state index in [1.165, 1.54) is 16.7 Å². The molecule has 0 atom stereocenters. The zero-order valence-corrected chi connectivity index (χ0v) is 13.4. The van der Waals surface area contributed by atoms with Gasteiger partial charge < -0.3 is 14.0 Å². The van der Waals surface area contributed by atoms with Gasteiger partial charge in [-0.05, 0) is 25.5 Å². The summed E-state index contributed by atoms with van der Waals surface area (Å²) in [6, 6.07) is 6.05. The lowest BCUT2D eigenvalue weighted by molar-refractivity contribution is -0.172. The molecule has 2 heterocycles. The average molecular weight is 334 g/mol. The molecular formula is C17H19FN2O4. The Hall–Kier alpha value is -2.25. The largest absolute Gasteiger partial charge is 0.343 e. The number of nitrogens with one attached hydrogen (secondary N) is 1. The van der Waals surface area contributed by atoms with E-state index in [2.05, 4.69) is 4.98 Å². The summed E-state index contributed by atoms with van der Waals surface area (Å²) in [7, 11) is 0. The molecule has 1 N–H and O–H groups in total. The first-order valence-corrected chi connectivity index (χ1v) is 7.84. The van der Waals surface area contributed by atoms with E-state index in [4.69, 9.17) is 9.47 Å². The van der Waals surface area contributed by atoms with Gasteiger partial charge >= 0.3 is 5.69 Å². The van der Waals surface area contributed by atoms with E-state index in [-0.39, 0.29) is 11.4 Å². The minimum Gasteiger partial charge on any atom is -0.343 e. The summed E-state index contributed by atoms with van der Waals surface area (Å²) in [5, 5.41) is 0. The fourth-order valence-electron chi connectivity index (χ4n) is 2.88. The van der Waals surface area contributed by atoms with Crippen molar-refractivity contribution < 1.29 is 13.9 Å². The predicted octanol–water partition coefficient (Wildman–Crippen LogP) is 1.66. The highest BCUT2D eigenvalue weighted by Crippen LogP contribution is 2.36. The van der Waals surface area contributed by atoms with Crippen molar-refractivity contribution in [2.24, 2.45) is 0 Å². The van der Waals surface area contributed by atoms with Crippen LogP contribution in [0.15, 0.2) is 40.1 Å². The molecule has 0 radical (unpaired) electrons. The molecule has 0 spiro atoms. The van der Waals surface area contributed by atoms with Crippen LogP contribution in [0.5, 0.6) is 0 Å². The molecule has 1 saturated heterocycles. The van der Waals surface area contributed by atoms with Crippen LogP contribution in [-0.2, 0) is 21.8 Å². The summed E-state index contributed by atoms with van der Waals surface area (Å²) in [4.78, 5) is 25.5. The lowest BCUT2D eigenvalue weighted by atomic mass is 10.0. The summed E-state index contributed by atoms with van der Waals surface area (Å²) < 4.78 is 26.2. The molecule has 1 aliphatic rings. The van der Waals surface area contributed by atoms with Crippen LogP contribution in [0.25, 0.3) is 0 Å². The molecule has 1 aliphatic heterocycles. The number of H-pyrrole nitrogens is 1. The van der Waals surface area contributed by atoms with Crippen molar-refractivity contribution in [1.82, 2.24) is 9.55 Å². The van der Waals surface area contributed by atoms with Gasteiger partial charge in [0.1, 0.15) is 5.82 Å². The molecule has 128 valence electrons. The van der Waals surface area contributed by atoms with E-state index < -0.39 is 11.5 Å². The molecule has 3 rings (SSSR count). The number of hydrogen-bond donors (Lipinski definition) is 1. The van der Waals surface area contributed by atoms with E-state index in [1.807, 2.05) is 0 Å². The Morgan fingerprint density at radius 1 is 1.21 bits per heavy atom. The van der Waals surface area contributed by atoms with E-state index in [0.717, 1.165) is 5.56 Å². The molecule has 6 nitrogen and oxygen atoms in total. The first kappa shape index (κ1) is 16.6. The Morgan fingerprint density at radius 2 is 1.88 bits per heavy atom. The zero-order valence-electron chi connectivity index (χ0n) is 13.4. The van der Waals surface area contributed by atoms with Crippen LogP contribution in [0.4, 0.5) is 4.39 Å². The standard InChI is InChI=1S/C17H19FN2O4/c1-12-11-20(16(22)19-15(12)21)8-2-7-17(23-9-10-24-17)13-3-5-14(18)6-4-13/h3-6,11H,2,7-10H2,1H3,(H,19,21,22). The minimum absolute atomic E-state index is 0.317. The fraction of sp³-hybridized carbons (Fsp3) is 0.412. The number of aryl methyl sites for hydroxylation is 2. The monoisotopic (exact) mass is 334 g/mol. The van der Waals surface area contributed by atoms with E-state index in [1.54, 1.807) is 25.3 Å². The topological polar surface area (TPSA) is 73.3 Å². The van der Waals surface area contributed by atoms with Gasteiger partial charge in [-0.3, -0.25) is 9.78 Å². The Bertz CT molecular complexity index is 820. The first-order valence-electron chi connectivity index (χ1n) is 7.84. The van der Waals surface area contributed by atoms with Crippen LogP contribution >= 0.6 is 0 Å². The number of aromatic nitrogens is 2. The van der Waals surface area contributed by atoms with Gasteiger partial charge in [-0.25, -0.2) is 9.18 Å². The van der Waals surface area contributed by atoms with Crippen molar-refractivity contribution in [1.29, 1.82) is 0 Å². The van der Waals surface area contributed by atoms with Crippen molar-refractivity contribution in [3.63, 3.8) is 0 Å². The third kappa shape index (κ3) is 3.32. The minimum atomic E-state index is -0.908. The number of aromatic amines is 1. The normalized spacial score (nSPS) is 16.4. The highest BCUT2D eigenvalue weighted by atomic mass is 19.1. The van der Waals surface area contributed by atoms with Gasteiger partial charge in [0.25, 0.3) is 5.56 Å². The number of nitrogens with zero attached hydrogens (tertiary/aromatic N) is 1. The summed E-state index contributed by atoms with van der Waals surface area (Å²) in [6.45, 7) is 3.01. The highest BCUT2D eigenvalue weighted by Gasteiger charge is 2.38. The van der Waals surface area contributed by atoms with Crippen molar-refractivity contribution >= 4 is 0 Å². The number of rotatable bonds is 5. The molecule has 0 aliphatic carbocycles. The van der Waals surface area contributed by atoms with Gasteiger partial charge in [0.15, 0.2) is 5.79 Å². The summed E-state index contributed by atoms with van der Waals surface area (Å²) in [6.07, 6.45) is 2.66. The Labute approximate surface area is 137 Å². The van der Waals surface area contributed by atoms with Gasteiger partial charge in [-0.1, -0.05) is 12.1 Å². The maximum Gasteiger partial charge on any atom is 0.328 e. The van der Waals surface area contributed by atoms with E-state index >= 15 is 0 Å². The summed E-state index contributed by atoms with van der Waals surface area (Å²) in [5.74, 6) is -1.23. The molecule has 2 aromatic rings. The molecule has 1 aromatic heterocycles. The van der Waals surface area contributed by atoms with Crippen LogP contribution in [0.1, 0.15) is 24.0 Å². The van der Waals surface area contributed by atoms with Crippen molar-refractivity contribution in [2.45, 2.75) is 32.1 Å². The second kappa shape index (κ2) is 6.70. The Morgan fingerprint density at radius 3 is 2.54 bits per heavy atom. The number of halogens is 1. The second-order valence-corrected chi connectivity index (χ2v) is 5.83. The van der Waals surface area contributed by atoms with Crippen molar-refractivity contribution in [2.75, 3.05) is 13.2 Å². The molecule has 1 aromatic carbocycles. The van der Waals surface area contributed by atoms with Crippen LogP contribution in [-0.4, -0.2) is 22.8 Å². The fourth-order valence-corrected chi connectivity index (χ4v) is 2.88. The number of ether oxygens (including phenoxy) is 2. The molecule has 0 unspecified atom stereocenters. The van der Waals surface area contributed by atoms with Gasteiger partial charge in [0.05, 0.1) is 13.2 Å². The number of benzene rings is 1. The predicted molar refractivity (Wildman–Crippen MR) is 85.3 cm³/mol. The average Bonchev–Trinajstić information content (AvgIpc) is 3.03. The van der Waals surface area contributed by atoms with E-state index in [9.17, 15) is 14.0 Å². The SMILES string of the molecule is Cc1cn(CCCC2(c3ccc(F)cc3)OCCO2)c(=O)[nH]c1=O. The third-order valence-electron chi connectivity index (χ3n) is 4.13. The summed E-state index contributed by atoms with van der Waals surface area (Å²) in [5.41, 5.74) is 0.429. The van der Waals surface area contributed by atoms with Gasteiger partial charge in [0, 0.05) is 30.3 Å². The van der Waals surface area contributed by atoms with Crippen molar-refractivity contribution in [3.05, 3.63) is 68.2 Å².